The highest BCUT2D eigenvalue weighted by Crippen LogP contribution is 2.09. The molecule has 0 saturated heterocycles. The minimum absolute atomic E-state index is 0.0499. The van der Waals surface area contributed by atoms with Gasteiger partial charge in [0.15, 0.2) is 0 Å². The van der Waals surface area contributed by atoms with Crippen molar-refractivity contribution in [2.24, 2.45) is 0 Å². The van der Waals surface area contributed by atoms with Crippen LogP contribution in [0.4, 0.5) is 5.69 Å². The number of nitrogens with one attached hydrogen (secondary N) is 1. The Bertz CT molecular complexity index is 532. The molecule has 1 aromatic carbocycles. The Hall–Kier alpha value is -2.39. The van der Waals surface area contributed by atoms with Gasteiger partial charge < -0.3 is 10.2 Å². The van der Waals surface area contributed by atoms with E-state index >= 15 is 0 Å². The van der Waals surface area contributed by atoms with Crippen molar-refractivity contribution in [2.75, 3.05) is 39.5 Å². The highest BCUT2D eigenvalue weighted by Gasteiger charge is 2.12. The molecule has 2 amide bonds. The van der Waals surface area contributed by atoms with Crippen LogP contribution >= 0.6 is 0 Å². The quantitative estimate of drug-likeness (QED) is 0.836. The summed E-state index contributed by atoms with van der Waals surface area (Å²) in [6.45, 7) is 0.334. The number of amides is 2. The third kappa shape index (κ3) is 6.06. The second kappa shape index (κ2) is 8.02. The largest absolute Gasteiger partial charge is 0.348 e. The molecule has 0 spiro atoms. The molecular weight excluding hydrogens is 268 g/mol. The van der Waals surface area contributed by atoms with Crippen molar-refractivity contribution in [3.63, 3.8) is 0 Å². The predicted octanol–water partition coefficient (Wildman–Crippen LogP) is 0.711. The number of rotatable bonds is 6. The molecule has 21 heavy (non-hydrogen) atoms. The minimum Gasteiger partial charge on any atom is -0.348 e. The summed E-state index contributed by atoms with van der Waals surface area (Å²) in [5.41, 5.74) is 1.58. The molecule has 1 rings (SSSR count). The standard InChI is InChI=1S/C15H20N4O2/c1-18(2)15(21)11-19(3)10-14(20)17-13-6-4-12(5-7-13)8-9-16/h4-7H,8,10-11H2,1-3H3,(H,17,20). The number of hydrogen-bond donors (Lipinski definition) is 1. The first-order valence-electron chi connectivity index (χ1n) is 6.57. The summed E-state index contributed by atoms with van der Waals surface area (Å²) in [4.78, 5) is 26.5. The lowest BCUT2D eigenvalue weighted by atomic mass is 10.1. The SMILES string of the molecule is CN(CC(=O)Nc1ccc(CC#N)cc1)CC(=O)N(C)C. The number of anilines is 1. The van der Waals surface area contributed by atoms with Gasteiger partial charge in [-0.1, -0.05) is 12.1 Å². The van der Waals surface area contributed by atoms with Crippen molar-refractivity contribution in [1.82, 2.24) is 9.80 Å². The lowest BCUT2D eigenvalue weighted by Crippen LogP contribution is -2.38. The Morgan fingerprint density at radius 2 is 1.76 bits per heavy atom. The van der Waals surface area contributed by atoms with E-state index in [9.17, 15) is 9.59 Å². The van der Waals surface area contributed by atoms with Gasteiger partial charge in [-0.2, -0.15) is 5.26 Å². The molecule has 0 aliphatic heterocycles. The van der Waals surface area contributed by atoms with E-state index in [1.807, 2.05) is 0 Å². The van der Waals surface area contributed by atoms with Crippen molar-refractivity contribution in [1.29, 1.82) is 5.26 Å². The predicted molar refractivity (Wildman–Crippen MR) is 80.6 cm³/mol. The summed E-state index contributed by atoms with van der Waals surface area (Å²) in [6, 6.07) is 9.19. The van der Waals surface area contributed by atoms with Crippen LogP contribution in [0.25, 0.3) is 0 Å². The Labute approximate surface area is 125 Å². The van der Waals surface area contributed by atoms with E-state index < -0.39 is 0 Å². The molecule has 0 bridgehead atoms. The third-order valence-corrected chi connectivity index (χ3v) is 2.84. The summed E-state index contributed by atoms with van der Waals surface area (Å²) < 4.78 is 0. The van der Waals surface area contributed by atoms with E-state index in [0.29, 0.717) is 12.1 Å². The van der Waals surface area contributed by atoms with Crippen molar-refractivity contribution in [3.8, 4) is 6.07 Å². The molecule has 1 aromatic rings. The maximum atomic E-state index is 11.9. The van der Waals surface area contributed by atoms with Gasteiger partial charge >= 0.3 is 0 Å². The molecule has 6 heteroatoms. The Morgan fingerprint density at radius 3 is 2.29 bits per heavy atom. The van der Waals surface area contributed by atoms with Crippen LogP contribution in [0.5, 0.6) is 0 Å². The average molecular weight is 288 g/mol. The van der Waals surface area contributed by atoms with E-state index in [1.165, 1.54) is 4.90 Å². The zero-order valence-electron chi connectivity index (χ0n) is 12.6. The maximum Gasteiger partial charge on any atom is 0.238 e. The average Bonchev–Trinajstić information content (AvgIpc) is 2.40. The molecular formula is C15H20N4O2. The number of benzene rings is 1. The molecule has 0 radical (unpaired) electrons. The van der Waals surface area contributed by atoms with Gasteiger partial charge in [0.1, 0.15) is 0 Å². The first-order valence-corrected chi connectivity index (χ1v) is 6.57. The van der Waals surface area contributed by atoms with Gasteiger partial charge in [-0.25, -0.2) is 0 Å². The van der Waals surface area contributed by atoms with Crippen LogP contribution < -0.4 is 5.32 Å². The molecule has 0 saturated carbocycles. The monoisotopic (exact) mass is 288 g/mol. The second-order valence-electron chi connectivity index (χ2n) is 5.04. The molecule has 0 unspecified atom stereocenters. The fourth-order valence-electron chi connectivity index (χ4n) is 1.67. The van der Waals surface area contributed by atoms with Gasteiger partial charge in [-0.15, -0.1) is 0 Å². The van der Waals surface area contributed by atoms with Crippen LogP contribution in [0.15, 0.2) is 24.3 Å². The van der Waals surface area contributed by atoms with Gasteiger partial charge in [0, 0.05) is 19.8 Å². The molecule has 0 aromatic heterocycles. The van der Waals surface area contributed by atoms with Gasteiger partial charge in [-0.05, 0) is 24.7 Å². The number of hydrogen-bond acceptors (Lipinski definition) is 4. The zero-order valence-corrected chi connectivity index (χ0v) is 12.6. The molecule has 0 aliphatic carbocycles. The molecule has 0 aliphatic rings. The Morgan fingerprint density at radius 1 is 1.14 bits per heavy atom. The molecule has 6 nitrogen and oxygen atoms in total. The zero-order chi connectivity index (χ0) is 15.8. The smallest absolute Gasteiger partial charge is 0.238 e. The van der Waals surface area contributed by atoms with Crippen molar-refractivity contribution < 1.29 is 9.59 Å². The minimum atomic E-state index is -0.183. The van der Waals surface area contributed by atoms with Gasteiger partial charge in [-0.3, -0.25) is 14.5 Å². The van der Waals surface area contributed by atoms with Crippen molar-refractivity contribution in [3.05, 3.63) is 29.8 Å². The van der Waals surface area contributed by atoms with Crippen LogP contribution in [0.3, 0.4) is 0 Å². The van der Waals surface area contributed by atoms with E-state index in [2.05, 4.69) is 11.4 Å². The van der Waals surface area contributed by atoms with Crippen LogP contribution in [-0.2, 0) is 16.0 Å². The van der Waals surface area contributed by atoms with Gasteiger partial charge in [0.05, 0.1) is 25.6 Å². The highest BCUT2D eigenvalue weighted by molar-refractivity contribution is 5.92. The van der Waals surface area contributed by atoms with Crippen molar-refractivity contribution >= 4 is 17.5 Å². The fourth-order valence-corrected chi connectivity index (χ4v) is 1.67. The lowest BCUT2D eigenvalue weighted by Gasteiger charge is -2.18. The van der Waals surface area contributed by atoms with Gasteiger partial charge in [0.2, 0.25) is 11.8 Å². The first-order chi connectivity index (χ1) is 9.92. The molecule has 0 atom stereocenters. The Balaban J connectivity index is 2.46. The van der Waals surface area contributed by atoms with Crippen LogP contribution in [0.1, 0.15) is 5.56 Å². The normalized spacial score (nSPS) is 10.0. The van der Waals surface area contributed by atoms with Crippen LogP contribution in [0.2, 0.25) is 0 Å². The van der Waals surface area contributed by atoms with Crippen LogP contribution in [-0.4, -0.2) is 55.8 Å². The highest BCUT2D eigenvalue weighted by atomic mass is 16.2. The number of nitriles is 1. The molecule has 0 fully saturated rings. The number of nitrogens with zero attached hydrogens (tertiary/aromatic N) is 3. The molecule has 0 heterocycles. The summed E-state index contributed by atoms with van der Waals surface area (Å²) in [5.74, 6) is -0.233. The fraction of sp³-hybridized carbons (Fsp3) is 0.400. The number of carbonyl (C=O) groups excluding carboxylic acids is 2. The topological polar surface area (TPSA) is 76.4 Å². The summed E-state index contributed by atoms with van der Waals surface area (Å²) >= 11 is 0. The van der Waals surface area contributed by atoms with Gasteiger partial charge in [0.25, 0.3) is 0 Å². The van der Waals surface area contributed by atoms with Crippen LogP contribution in [0, 0.1) is 11.3 Å². The van der Waals surface area contributed by atoms with E-state index in [4.69, 9.17) is 5.26 Å². The maximum absolute atomic E-state index is 11.9. The first kappa shape index (κ1) is 16.7. The summed E-state index contributed by atoms with van der Waals surface area (Å²) in [7, 11) is 5.08. The number of likely N-dealkylation sites (N-methyl/N-ethyl adjacent to an activating group) is 2. The third-order valence-electron chi connectivity index (χ3n) is 2.84. The van der Waals surface area contributed by atoms with E-state index in [1.54, 1.807) is 50.3 Å². The molecule has 112 valence electrons. The second-order valence-corrected chi connectivity index (χ2v) is 5.04. The number of carbonyl (C=O) groups is 2. The lowest BCUT2D eigenvalue weighted by molar-refractivity contribution is -0.130. The van der Waals surface area contributed by atoms with E-state index in [-0.39, 0.29) is 24.9 Å². The van der Waals surface area contributed by atoms with Crippen molar-refractivity contribution in [2.45, 2.75) is 6.42 Å². The summed E-state index contributed by atoms with van der Waals surface area (Å²) in [5, 5.41) is 11.3. The van der Waals surface area contributed by atoms with E-state index in [0.717, 1.165) is 5.56 Å². The Kier molecular flexibility index (Phi) is 6.37. The summed E-state index contributed by atoms with van der Waals surface area (Å²) in [6.07, 6.45) is 0.351. The molecule has 1 N–H and O–H groups in total.